The van der Waals surface area contributed by atoms with Crippen molar-refractivity contribution in [3.8, 4) is 0 Å². The summed E-state index contributed by atoms with van der Waals surface area (Å²) in [6, 6.07) is 3.81. The number of anilines is 2. The zero-order valence-corrected chi connectivity index (χ0v) is 15.1. The van der Waals surface area contributed by atoms with Gasteiger partial charge in [0, 0.05) is 30.4 Å². The Hall–Kier alpha value is -2.80. The second-order valence-corrected chi connectivity index (χ2v) is 7.99. The highest BCUT2D eigenvalue weighted by Crippen LogP contribution is 2.37. The van der Waals surface area contributed by atoms with E-state index in [0.29, 0.717) is 12.1 Å². The Labute approximate surface area is 160 Å². The summed E-state index contributed by atoms with van der Waals surface area (Å²) < 4.78 is 104. The number of sulfonamides is 1. The van der Waals surface area contributed by atoms with Crippen molar-refractivity contribution in [2.75, 3.05) is 17.7 Å². The molecule has 0 bridgehead atoms. The number of rotatable bonds is 2. The third kappa shape index (κ3) is 3.74. The molecule has 156 valence electrons. The number of carbonyl (C=O) groups is 1. The van der Waals surface area contributed by atoms with Crippen LogP contribution in [-0.2, 0) is 10.0 Å². The SMILES string of the molecule is CN1C(C(F)(F)F)Nc2ccc(C(=O)Nc3cc(F)c(F)c(F)c3)cc2S1(=O)=O. The molecule has 1 atom stereocenters. The minimum Gasteiger partial charge on any atom is -0.360 e. The summed E-state index contributed by atoms with van der Waals surface area (Å²) in [5.74, 6) is -5.88. The normalized spacial score (nSPS) is 18.7. The van der Waals surface area contributed by atoms with E-state index in [2.05, 4.69) is 5.32 Å². The molecule has 0 saturated carbocycles. The molecule has 0 fully saturated rings. The second-order valence-electron chi connectivity index (χ2n) is 6.03. The van der Waals surface area contributed by atoms with E-state index in [9.17, 15) is 39.6 Å². The predicted octanol–water partition coefficient (Wildman–Crippen LogP) is 3.29. The molecule has 13 heteroatoms. The molecule has 29 heavy (non-hydrogen) atoms. The molecular formula is C16H11F6N3O3S. The first-order chi connectivity index (χ1) is 13.3. The number of benzene rings is 2. The van der Waals surface area contributed by atoms with Gasteiger partial charge in [-0.2, -0.15) is 17.5 Å². The van der Waals surface area contributed by atoms with Gasteiger partial charge in [-0.05, 0) is 18.2 Å². The van der Waals surface area contributed by atoms with E-state index in [4.69, 9.17) is 0 Å². The number of hydrogen-bond acceptors (Lipinski definition) is 4. The van der Waals surface area contributed by atoms with Crippen molar-refractivity contribution in [3.05, 3.63) is 53.3 Å². The van der Waals surface area contributed by atoms with Gasteiger partial charge in [0.2, 0.25) is 10.0 Å². The number of fused-ring (bicyclic) bond motifs is 1. The molecule has 0 radical (unpaired) electrons. The summed E-state index contributed by atoms with van der Waals surface area (Å²) in [5, 5.41) is 4.08. The van der Waals surface area contributed by atoms with Gasteiger partial charge in [-0.25, -0.2) is 21.6 Å². The lowest BCUT2D eigenvalue weighted by atomic mass is 10.1. The fraction of sp³-hybridized carbons (Fsp3) is 0.188. The van der Waals surface area contributed by atoms with Gasteiger partial charge in [0.15, 0.2) is 23.6 Å². The van der Waals surface area contributed by atoms with E-state index in [1.54, 1.807) is 0 Å². The van der Waals surface area contributed by atoms with Crippen molar-refractivity contribution < 1.29 is 39.6 Å². The molecule has 6 nitrogen and oxygen atoms in total. The Morgan fingerprint density at radius 1 is 1.10 bits per heavy atom. The number of carbonyl (C=O) groups excluding carboxylic acids is 1. The van der Waals surface area contributed by atoms with Crippen LogP contribution in [0.4, 0.5) is 37.7 Å². The van der Waals surface area contributed by atoms with Crippen LogP contribution in [0.25, 0.3) is 0 Å². The van der Waals surface area contributed by atoms with Crippen molar-refractivity contribution in [2.24, 2.45) is 0 Å². The minimum atomic E-state index is -4.90. The van der Waals surface area contributed by atoms with E-state index < -0.39 is 56.3 Å². The second kappa shape index (κ2) is 6.91. The molecule has 0 spiro atoms. The lowest BCUT2D eigenvalue weighted by Crippen LogP contribution is -2.54. The van der Waals surface area contributed by atoms with Gasteiger partial charge in [-0.1, -0.05) is 0 Å². The van der Waals surface area contributed by atoms with E-state index in [0.717, 1.165) is 25.2 Å². The highest BCUT2D eigenvalue weighted by molar-refractivity contribution is 7.89. The number of hydrogen-bond donors (Lipinski definition) is 2. The Kier molecular flexibility index (Phi) is 4.99. The number of amides is 1. The maximum atomic E-state index is 13.2. The Morgan fingerprint density at radius 2 is 1.69 bits per heavy atom. The van der Waals surface area contributed by atoms with Gasteiger partial charge >= 0.3 is 6.18 Å². The van der Waals surface area contributed by atoms with Crippen molar-refractivity contribution in [2.45, 2.75) is 17.2 Å². The third-order valence-corrected chi connectivity index (χ3v) is 5.97. The van der Waals surface area contributed by atoms with Crippen LogP contribution >= 0.6 is 0 Å². The van der Waals surface area contributed by atoms with Crippen LogP contribution in [-0.4, -0.2) is 38.0 Å². The zero-order chi connectivity index (χ0) is 21.7. The number of nitrogens with one attached hydrogen (secondary N) is 2. The van der Waals surface area contributed by atoms with Crippen LogP contribution in [0.1, 0.15) is 10.4 Å². The molecule has 0 aromatic heterocycles. The monoisotopic (exact) mass is 439 g/mol. The van der Waals surface area contributed by atoms with Crippen LogP contribution in [0.3, 0.4) is 0 Å². The van der Waals surface area contributed by atoms with Crippen LogP contribution in [0, 0.1) is 17.5 Å². The van der Waals surface area contributed by atoms with Gasteiger partial charge in [0.05, 0.1) is 5.69 Å². The summed E-state index contributed by atoms with van der Waals surface area (Å²) in [4.78, 5) is 11.7. The zero-order valence-electron chi connectivity index (χ0n) is 14.3. The van der Waals surface area contributed by atoms with E-state index >= 15 is 0 Å². The summed E-state index contributed by atoms with van der Waals surface area (Å²) in [5.41, 5.74) is -1.14. The topological polar surface area (TPSA) is 78.5 Å². The lowest BCUT2D eigenvalue weighted by Gasteiger charge is -2.35. The van der Waals surface area contributed by atoms with Crippen LogP contribution in [0.5, 0.6) is 0 Å². The van der Waals surface area contributed by atoms with Gasteiger partial charge < -0.3 is 10.6 Å². The number of halogens is 6. The lowest BCUT2D eigenvalue weighted by molar-refractivity contribution is -0.161. The third-order valence-electron chi connectivity index (χ3n) is 4.11. The fourth-order valence-corrected chi connectivity index (χ4v) is 4.09. The highest BCUT2D eigenvalue weighted by Gasteiger charge is 2.50. The van der Waals surface area contributed by atoms with E-state index in [-0.39, 0.29) is 15.6 Å². The summed E-state index contributed by atoms with van der Waals surface area (Å²) in [7, 11) is -3.88. The number of nitrogens with zero attached hydrogens (tertiary/aromatic N) is 1. The van der Waals surface area contributed by atoms with Crippen LogP contribution in [0.15, 0.2) is 35.2 Å². The summed E-state index contributed by atoms with van der Waals surface area (Å²) in [6.45, 7) is 0. The van der Waals surface area contributed by atoms with Gasteiger partial charge in [-0.15, -0.1) is 0 Å². The van der Waals surface area contributed by atoms with Crippen molar-refractivity contribution >= 4 is 27.3 Å². The van der Waals surface area contributed by atoms with E-state index in [1.165, 1.54) is 0 Å². The van der Waals surface area contributed by atoms with Crippen LogP contribution < -0.4 is 10.6 Å². The number of alkyl halides is 3. The maximum absolute atomic E-state index is 13.2. The highest BCUT2D eigenvalue weighted by atomic mass is 32.2. The fourth-order valence-electron chi connectivity index (χ4n) is 2.65. The first-order valence-corrected chi connectivity index (χ1v) is 9.17. The molecule has 2 aromatic rings. The molecule has 1 aliphatic rings. The predicted molar refractivity (Wildman–Crippen MR) is 89.1 cm³/mol. The van der Waals surface area contributed by atoms with Crippen LogP contribution in [0.2, 0.25) is 0 Å². The smallest absolute Gasteiger partial charge is 0.360 e. The van der Waals surface area contributed by atoms with Gasteiger partial charge in [-0.3, -0.25) is 4.79 Å². The van der Waals surface area contributed by atoms with Crippen molar-refractivity contribution in [1.29, 1.82) is 0 Å². The maximum Gasteiger partial charge on any atom is 0.423 e. The average Bonchev–Trinajstić information content (AvgIpc) is 2.61. The molecule has 1 aliphatic heterocycles. The molecule has 1 heterocycles. The molecule has 3 rings (SSSR count). The Bertz CT molecular complexity index is 1080. The quantitative estimate of drug-likeness (QED) is 0.556. The largest absolute Gasteiger partial charge is 0.423 e. The average molecular weight is 439 g/mol. The first kappa shape index (κ1) is 20.9. The standard InChI is InChI=1S/C16H11F6N3O3S/c1-25-15(16(20,21)22)24-11-3-2-7(4-12(11)29(25,27)28)14(26)23-8-5-9(17)13(19)10(18)6-8/h2-6,15,24H,1H3,(H,23,26). The first-order valence-electron chi connectivity index (χ1n) is 7.73. The summed E-state index contributed by atoms with van der Waals surface area (Å²) >= 11 is 0. The molecule has 1 unspecified atom stereocenters. The molecule has 2 N–H and O–H groups in total. The molecule has 0 saturated heterocycles. The van der Waals surface area contributed by atoms with Gasteiger partial charge in [0.1, 0.15) is 4.90 Å². The molecule has 1 amide bonds. The van der Waals surface area contributed by atoms with Gasteiger partial charge in [0.25, 0.3) is 5.91 Å². The Balaban J connectivity index is 1.95. The molecule has 0 aliphatic carbocycles. The molecule has 2 aromatic carbocycles. The minimum absolute atomic E-state index is 0.0712. The Morgan fingerprint density at radius 3 is 2.24 bits per heavy atom. The summed E-state index contributed by atoms with van der Waals surface area (Å²) in [6.07, 6.45) is -7.39. The molecular weight excluding hydrogens is 428 g/mol. The van der Waals surface area contributed by atoms with E-state index in [1.807, 2.05) is 5.32 Å². The van der Waals surface area contributed by atoms with Crippen molar-refractivity contribution in [3.63, 3.8) is 0 Å². The van der Waals surface area contributed by atoms with Crippen molar-refractivity contribution in [1.82, 2.24) is 4.31 Å².